The van der Waals surface area contributed by atoms with Gasteiger partial charge in [0.05, 0.1) is 5.56 Å². The summed E-state index contributed by atoms with van der Waals surface area (Å²) in [5.74, 6) is 5.45. The minimum atomic E-state index is 0.156. The summed E-state index contributed by atoms with van der Waals surface area (Å²) in [5, 5.41) is 7.42. The summed E-state index contributed by atoms with van der Waals surface area (Å²) in [6.07, 6.45) is 0. The molecule has 14 heavy (non-hydrogen) atoms. The van der Waals surface area contributed by atoms with Crippen LogP contribution in [0, 0.1) is 0 Å². The Morgan fingerprint density at radius 3 is 2.64 bits per heavy atom. The lowest BCUT2D eigenvalue weighted by molar-refractivity contribution is 0.583. The highest BCUT2D eigenvalue weighted by atomic mass is 16.4. The average Bonchev–Trinajstić information content (AvgIpc) is 2.67. The largest absolute Gasteiger partial charge is 0.402 e. The Morgan fingerprint density at radius 1 is 1.21 bits per heavy atom. The van der Waals surface area contributed by atoms with E-state index in [1.807, 2.05) is 12.1 Å². The maximum atomic E-state index is 5.72. The fourth-order valence-electron chi connectivity index (χ4n) is 1.08. The van der Waals surface area contributed by atoms with Crippen LogP contribution in [0.3, 0.4) is 0 Å². The summed E-state index contributed by atoms with van der Waals surface area (Å²) in [5.41, 5.74) is 9.26. The van der Waals surface area contributed by atoms with E-state index in [2.05, 4.69) is 15.6 Å². The molecule has 2 aromatic rings. The Bertz CT molecular complexity index is 439. The second kappa shape index (κ2) is 3.35. The van der Waals surface area contributed by atoms with Crippen LogP contribution in [0.25, 0.3) is 11.5 Å². The SMILES string of the molecule is NNc1nnc(-c2ccccc2N)o1. The van der Waals surface area contributed by atoms with Gasteiger partial charge < -0.3 is 10.2 Å². The van der Waals surface area contributed by atoms with E-state index in [1.165, 1.54) is 0 Å². The number of nitrogens with one attached hydrogen (secondary N) is 1. The molecule has 0 fully saturated rings. The monoisotopic (exact) mass is 191 g/mol. The Hall–Kier alpha value is -2.08. The van der Waals surface area contributed by atoms with E-state index in [0.717, 1.165) is 0 Å². The molecule has 5 N–H and O–H groups in total. The fraction of sp³-hybridized carbons (Fsp3) is 0. The van der Waals surface area contributed by atoms with Gasteiger partial charge in [-0.05, 0) is 12.1 Å². The highest BCUT2D eigenvalue weighted by Crippen LogP contribution is 2.24. The summed E-state index contributed by atoms with van der Waals surface area (Å²) >= 11 is 0. The topological polar surface area (TPSA) is 103 Å². The third-order valence-corrected chi connectivity index (χ3v) is 1.74. The minimum absolute atomic E-state index is 0.156. The summed E-state index contributed by atoms with van der Waals surface area (Å²) in [6, 6.07) is 7.38. The molecule has 0 amide bonds. The molecule has 0 atom stereocenters. The van der Waals surface area contributed by atoms with Crippen molar-refractivity contribution in [3.05, 3.63) is 24.3 Å². The highest BCUT2D eigenvalue weighted by Gasteiger charge is 2.09. The van der Waals surface area contributed by atoms with E-state index in [-0.39, 0.29) is 6.01 Å². The van der Waals surface area contributed by atoms with E-state index in [9.17, 15) is 0 Å². The molecule has 2 rings (SSSR count). The normalized spacial score (nSPS) is 10.1. The summed E-state index contributed by atoms with van der Waals surface area (Å²) in [6.45, 7) is 0. The molecule has 1 heterocycles. The van der Waals surface area contributed by atoms with Crippen molar-refractivity contribution < 1.29 is 4.42 Å². The zero-order chi connectivity index (χ0) is 9.97. The smallest absolute Gasteiger partial charge is 0.330 e. The van der Waals surface area contributed by atoms with Gasteiger partial charge in [-0.1, -0.05) is 17.2 Å². The number of nitrogen functional groups attached to an aromatic ring is 2. The molecule has 0 bridgehead atoms. The lowest BCUT2D eigenvalue weighted by Gasteiger charge is -1.98. The first-order valence-electron chi connectivity index (χ1n) is 3.96. The molecule has 0 spiro atoms. The zero-order valence-electron chi connectivity index (χ0n) is 7.27. The van der Waals surface area contributed by atoms with Gasteiger partial charge in [0.25, 0.3) is 5.89 Å². The number of benzene rings is 1. The lowest BCUT2D eigenvalue weighted by atomic mass is 10.2. The highest BCUT2D eigenvalue weighted by molar-refractivity contribution is 5.70. The van der Waals surface area contributed by atoms with Crippen molar-refractivity contribution in [3.8, 4) is 11.5 Å². The number of aromatic nitrogens is 2. The Labute approximate surface area is 79.9 Å². The Kier molecular flexibility index (Phi) is 2.04. The van der Waals surface area contributed by atoms with Gasteiger partial charge in [0, 0.05) is 5.69 Å². The molecule has 6 heteroatoms. The van der Waals surface area contributed by atoms with Crippen molar-refractivity contribution in [2.75, 3.05) is 11.2 Å². The zero-order valence-corrected chi connectivity index (χ0v) is 7.27. The maximum absolute atomic E-state index is 5.72. The van der Waals surface area contributed by atoms with E-state index in [1.54, 1.807) is 12.1 Å². The molecule has 0 radical (unpaired) electrons. The number of hydrogen-bond acceptors (Lipinski definition) is 6. The van der Waals surface area contributed by atoms with E-state index in [4.69, 9.17) is 16.0 Å². The van der Waals surface area contributed by atoms with Gasteiger partial charge in [0.1, 0.15) is 0 Å². The van der Waals surface area contributed by atoms with Gasteiger partial charge in [-0.2, -0.15) is 0 Å². The summed E-state index contributed by atoms with van der Waals surface area (Å²) in [4.78, 5) is 0. The lowest BCUT2D eigenvalue weighted by Crippen LogP contribution is -2.06. The number of rotatable bonds is 2. The van der Waals surface area contributed by atoms with Crippen LogP contribution in [0.1, 0.15) is 0 Å². The van der Waals surface area contributed by atoms with Crippen LogP contribution in [-0.4, -0.2) is 10.2 Å². The Morgan fingerprint density at radius 2 is 2.00 bits per heavy atom. The second-order valence-corrected chi connectivity index (χ2v) is 2.64. The number of nitrogens with zero attached hydrogens (tertiary/aromatic N) is 2. The molecular formula is C8H9N5O. The molecule has 72 valence electrons. The Balaban J connectivity index is 2.44. The van der Waals surface area contributed by atoms with E-state index in [0.29, 0.717) is 17.1 Å². The van der Waals surface area contributed by atoms with Gasteiger partial charge >= 0.3 is 6.01 Å². The fourth-order valence-corrected chi connectivity index (χ4v) is 1.08. The summed E-state index contributed by atoms with van der Waals surface area (Å²) in [7, 11) is 0. The van der Waals surface area contributed by atoms with Crippen LogP contribution in [0.2, 0.25) is 0 Å². The molecule has 0 aliphatic heterocycles. The molecule has 6 nitrogen and oxygen atoms in total. The standard InChI is InChI=1S/C8H9N5O/c9-6-4-2-1-3-5(6)7-12-13-8(11-10)14-7/h1-4H,9-10H2,(H,11,13). The predicted molar refractivity (Wildman–Crippen MR) is 52.0 cm³/mol. The van der Waals surface area contributed by atoms with Crippen molar-refractivity contribution in [1.82, 2.24) is 10.2 Å². The number of hydrogen-bond donors (Lipinski definition) is 3. The molecule has 0 aliphatic rings. The second-order valence-electron chi connectivity index (χ2n) is 2.64. The number of anilines is 2. The molecule has 1 aromatic carbocycles. The van der Waals surface area contributed by atoms with Crippen LogP contribution in [-0.2, 0) is 0 Å². The van der Waals surface area contributed by atoms with Crippen LogP contribution >= 0.6 is 0 Å². The van der Waals surface area contributed by atoms with Crippen LogP contribution in [0.5, 0.6) is 0 Å². The predicted octanol–water partition coefficient (Wildman–Crippen LogP) is 0.604. The summed E-state index contributed by atoms with van der Waals surface area (Å²) < 4.78 is 5.16. The third kappa shape index (κ3) is 1.38. The van der Waals surface area contributed by atoms with Crippen molar-refractivity contribution in [1.29, 1.82) is 0 Å². The first kappa shape index (κ1) is 8.52. The first-order chi connectivity index (χ1) is 6.81. The number of para-hydroxylation sites is 1. The van der Waals surface area contributed by atoms with E-state index >= 15 is 0 Å². The minimum Gasteiger partial charge on any atom is -0.402 e. The molecule has 0 aliphatic carbocycles. The van der Waals surface area contributed by atoms with Gasteiger partial charge in [-0.15, -0.1) is 5.10 Å². The van der Waals surface area contributed by atoms with Gasteiger partial charge in [0.2, 0.25) is 0 Å². The average molecular weight is 191 g/mol. The van der Waals surface area contributed by atoms with Crippen molar-refractivity contribution in [3.63, 3.8) is 0 Å². The van der Waals surface area contributed by atoms with Crippen LogP contribution in [0.4, 0.5) is 11.7 Å². The van der Waals surface area contributed by atoms with Crippen LogP contribution in [0.15, 0.2) is 28.7 Å². The van der Waals surface area contributed by atoms with Gasteiger partial charge in [0.15, 0.2) is 0 Å². The van der Waals surface area contributed by atoms with Crippen LogP contribution < -0.4 is 17.0 Å². The molecular weight excluding hydrogens is 182 g/mol. The van der Waals surface area contributed by atoms with Crippen molar-refractivity contribution >= 4 is 11.7 Å². The molecule has 0 unspecified atom stereocenters. The molecule has 0 saturated heterocycles. The van der Waals surface area contributed by atoms with Crippen molar-refractivity contribution in [2.45, 2.75) is 0 Å². The van der Waals surface area contributed by atoms with Gasteiger partial charge in [-0.25, -0.2) is 5.84 Å². The third-order valence-electron chi connectivity index (χ3n) is 1.74. The van der Waals surface area contributed by atoms with E-state index < -0.39 is 0 Å². The molecule has 1 aromatic heterocycles. The number of nitrogens with two attached hydrogens (primary N) is 2. The first-order valence-corrected chi connectivity index (χ1v) is 3.96. The number of hydrazine groups is 1. The molecule has 0 saturated carbocycles. The quantitative estimate of drug-likeness (QED) is 0.365. The maximum Gasteiger partial charge on any atom is 0.330 e. The van der Waals surface area contributed by atoms with Gasteiger partial charge in [-0.3, -0.25) is 5.43 Å². The van der Waals surface area contributed by atoms with Crippen molar-refractivity contribution in [2.24, 2.45) is 5.84 Å².